The van der Waals surface area contributed by atoms with Gasteiger partial charge in [0, 0.05) is 18.0 Å². The maximum Gasteiger partial charge on any atom is 0.115 e. The Morgan fingerprint density at radius 2 is 1.94 bits per heavy atom. The van der Waals surface area contributed by atoms with Gasteiger partial charge in [-0.2, -0.15) is 0 Å². The highest BCUT2D eigenvalue weighted by atomic mass is 15.2. The summed E-state index contributed by atoms with van der Waals surface area (Å²) in [7, 11) is 0. The fraction of sp³-hybridized carbons (Fsp3) is 0.636. The standard InChI is InChI=1S/C11H21N5/c1-3-16(4-2)6-5-11(15-12)10-7-13-9-14-8-10/h7-9,11,15H,3-6,12H2,1-2H3. The number of nitrogens with two attached hydrogens (primary N) is 1. The van der Waals surface area contributed by atoms with E-state index in [9.17, 15) is 0 Å². The predicted molar refractivity (Wildman–Crippen MR) is 64.5 cm³/mol. The molecule has 1 aromatic heterocycles. The molecule has 1 heterocycles. The molecule has 0 aliphatic rings. The van der Waals surface area contributed by atoms with Crippen LogP contribution < -0.4 is 11.3 Å². The van der Waals surface area contributed by atoms with Gasteiger partial charge < -0.3 is 4.90 Å². The predicted octanol–water partition coefficient (Wildman–Crippen LogP) is 0.713. The molecule has 3 N–H and O–H groups in total. The molecule has 16 heavy (non-hydrogen) atoms. The summed E-state index contributed by atoms with van der Waals surface area (Å²) in [6, 6.07) is 0.127. The van der Waals surface area contributed by atoms with Crippen LogP contribution in [0.15, 0.2) is 18.7 Å². The van der Waals surface area contributed by atoms with Crippen molar-refractivity contribution < 1.29 is 0 Å². The maximum absolute atomic E-state index is 5.55. The third-order valence-corrected chi connectivity index (χ3v) is 2.81. The summed E-state index contributed by atoms with van der Waals surface area (Å²) >= 11 is 0. The molecular formula is C11H21N5. The quantitative estimate of drug-likeness (QED) is 0.526. The summed E-state index contributed by atoms with van der Waals surface area (Å²) in [5.41, 5.74) is 3.85. The Labute approximate surface area is 97.0 Å². The fourth-order valence-electron chi connectivity index (χ4n) is 1.69. The van der Waals surface area contributed by atoms with E-state index in [0.717, 1.165) is 31.6 Å². The van der Waals surface area contributed by atoms with Crippen LogP contribution in [0, 0.1) is 0 Å². The molecule has 1 aromatic rings. The van der Waals surface area contributed by atoms with Crippen molar-refractivity contribution in [2.45, 2.75) is 26.3 Å². The van der Waals surface area contributed by atoms with E-state index in [2.05, 4.69) is 34.1 Å². The summed E-state index contributed by atoms with van der Waals surface area (Å²) < 4.78 is 0. The molecule has 5 heteroatoms. The average Bonchev–Trinajstić information content (AvgIpc) is 2.36. The Bertz CT molecular complexity index is 273. The van der Waals surface area contributed by atoms with Gasteiger partial charge in [-0.05, 0) is 26.1 Å². The van der Waals surface area contributed by atoms with Crippen LogP contribution in [0.2, 0.25) is 0 Å². The van der Waals surface area contributed by atoms with Crippen molar-refractivity contribution in [2.75, 3.05) is 19.6 Å². The molecule has 1 rings (SSSR count). The molecule has 0 radical (unpaired) electrons. The molecule has 0 fully saturated rings. The Morgan fingerprint density at radius 1 is 1.31 bits per heavy atom. The second kappa shape index (κ2) is 7.27. The van der Waals surface area contributed by atoms with Crippen LogP contribution in [0.1, 0.15) is 31.9 Å². The smallest absolute Gasteiger partial charge is 0.115 e. The van der Waals surface area contributed by atoms with Gasteiger partial charge in [0.15, 0.2) is 0 Å². The molecule has 0 aliphatic carbocycles. The summed E-state index contributed by atoms with van der Waals surface area (Å²) in [6.07, 6.45) is 6.10. The van der Waals surface area contributed by atoms with E-state index in [4.69, 9.17) is 5.84 Å². The molecule has 5 nitrogen and oxygen atoms in total. The fourth-order valence-corrected chi connectivity index (χ4v) is 1.69. The summed E-state index contributed by atoms with van der Waals surface area (Å²) in [4.78, 5) is 10.4. The van der Waals surface area contributed by atoms with Crippen LogP contribution >= 0.6 is 0 Å². The number of hydrazine groups is 1. The van der Waals surface area contributed by atoms with Crippen LogP contribution in [-0.2, 0) is 0 Å². The van der Waals surface area contributed by atoms with Crippen molar-refractivity contribution >= 4 is 0 Å². The van der Waals surface area contributed by atoms with Crippen molar-refractivity contribution in [2.24, 2.45) is 5.84 Å². The lowest BCUT2D eigenvalue weighted by Crippen LogP contribution is -2.32. The van der Waals surface area contributed by atoms with E-state index in [0.29, 0.717) is 0 Å². The topological polar surface area (TPSA) is 67.1 Å². The van der Waals surface area contributed by atoms with Gasteiger partial charge in [-0.3, -0.25) is 11.3 Å². The first-order valence-electron chi connectivity index (χ1n) is 5.75. The highest BCUT2D eigenvalue weighted by Gasteiger charge is 2.11. The zero-order valence-corrected chi connectivity index (χ0v) is 10.1. The van der Waals surface area contributed by atoms with Crippen molar-refractivity contribution in [3.63, 3.8) is 0 Å². The molecule has 0 spiro atoms. The number of hydrogen-bond acceptors (Lipinski definition) is 5. The van der Waals surface area contributed by atoms with Crippen molar-refractivity contribution in [3.05, 3.63) is 24.3 Å². The SMILES string of the molecule is CCN(CC)CCC(NN)c1cncnc1. The van der Waals surface area contributed by atoms with Crippen LogP contribution in [0.25, 0.3) is 0 Å². The van der Waals surface area contributed by atoms with Crippen LogP contribution in [0.3, 0.4) is 0 Å². The second-order valence-electron chi connectivity index (χ2n) is 3.71. The first-order chi connectivity index (χ1) is 7.81. The molecule has 0 amide bonds. The lowest BCUT2D eigenvalue weighted by Gasteiger charge is -2.22. The molecule has 0 aliphatic heterocycles. The lowest BCUT2D eigenvalue weighted by atomic mass is 10.1. The van der Waals surface area contributed by atoms with Crippen molar-refractivity contribution in [3.8, 4) is 0 Å². The minimum atomic E-state index is 0.127. The van der Waals surface area contributed by atoms with Gasteiger partial charge in [0.1, 0.15) is 6.33 Å². The van der Waals surface area contributed by atoms with E-state index in [1.807, 2.05) is 0 Å². The zero-order chi connectivity index (χ0) is 11.8. The molecule has 0 saturated carbocycles. The maximum atomic E-state index is 5.55. The highest BCUT2D eigenvalue weighted by molar-refractivity contribution is 5.08. The van der Waals surface area contributed by atoms with Crippen LogP contribution in [0.5, 0.6) is 0 Å². The Balaban J connectivity index is 2.50. The van der Waals surface area contributed by atoms with Gasteiger partial charge in [-0.25, -0.2) is 9.97 Å². The van der Waals surface area contributed by atoms with Gasteiger partial charge >= 0.3 is 0 Å². The van der Waals surface area contributed by atoms with Gasteiger partial charge in [-0.1, -0.05) is 13.8 Å². The molecule has 0 aromatic carbocycles. The van der Waals surface area contributed by atoms with E-state index in [-0.39, 0.29) is 6.04 Å². The third-order valence-electron chi connectivity index (χ3n) is 2.81. The molecule has 0 saturated heterocycles. The second-order valence-corrected chi connectivity index (χ2v) is 3.71. The van der Waals surface area contributed by atoms with E-state index >= 15 is 0 Å². The first-order valence-corrected chi connectivity index (χ1v) is 5.75. The Morgan fingerprint density at radius 3 is 2.44 bits per heavy atom. The summed E-state index contributed by atoms with van der Waals surface area (Å²) in [5, 5.41) is 0. The zero-order valence-electron chi connectivity index (χ0n) is 10.1. The van der Waals surface area contributed by atoms with Gasteiger partial charge in [0.05, 0.1) is 6.04 Å². The summed E-state index contributed by atoms with van der Waals surface area (Å²) in [5.74, 6) is 5.55. The monoisotopic (exact) mass is 223 g/mol. The van der Waals surface area contributed by atoms with Crippen molar-refractivity contribution in [1.29, 1.82) is 0 Å². The van der Waals surface area contributed by atoms with Crippen LogP contribution in [0.4, 0.5) is 0 Å². The minimum absolute atomic E-state index is 0.127. The number of aromatic nitrogens is 2. The molecule has 90 valence electrons. The van der Waals surface area contributed by atoms with Gasteiger partial charge in [0.25, 0.3) is 0 Å². The largest absolute Gasteiger partial charge is 0.304 e. The molecule has 1 atom stereocenters. The number of nitrogens with zero attached hydrogens (tertiary/aromatic N) is 3. The van der Waals surface area contributed by atoms with E-state index in [1.54, 1.807) is 12.4 Å². The Hall–Kier alpha value is -1.04. The van der Waals surface area contributed by atoms with Crippen LogP contribution in [-0.4, -0.2) is 34.5 Å². The summed E-state index contributed by atoms with van der Waals surface area (Å²) in [6.45, 7) is 7.49. The molecule has 1 unspecified atom stereocenters. The first kappa shape index (κ1) is 13.0. The van der Waals surface area contributed by atoms with E-state index in [1.165, 1.54) is 6.33 Å². The normalized spacial score (nSPS) is 13.0. The van der Waals surface area contributed by atoms with Crippen molar-refractivity contribution in [1.82, 2.24) is 20.3 Å². The highest BCUT2D eigenvalue weighted by Crippen LogP contribution is 2.13. The number of rotatable bonds is 7. The van der Waals surface area contributed by atoms with Gasteiger partial charge in [0.2, 0.25) is 0 Å². The average molecular weight is 223 g/mol. The van der Waals surface area contributed by atoms with Gasteiger partial charge in [-0.15, -0.1) is 0 Å². The lowest BCUT2D eigenvalue weighted by molar-refractivity contribution is 0.282. The minimum Gasteiger partial charge on any atom is -0.304 e. The van der Waals surface area contributed by atoms with E-state index < -0.39 is 0 Å². The molecular weight excluding hydrogens is 202 g/mol. The Kier molecular flexibility index (Phi) is 5.92. The number of hydrogen-bond donors (Lipinski definition) is 2. The molecule has 0 bridgehead atoms. The number of nitrogens with one attached hydrogen (secondary N) is 1. The third kappa shape index (κ3) is 3.84.